The van der Waals surface area contributed by atoms with Crippen LogP contribution in [0.25, 0.3) is 0 Å². The number of rotatable bonds is 2. The molecule has 0 radical (unpaired) electrons. The summed E-state index contributed by atoms with van der Waals surface area (Å²) in [4.78, 5) is 0. The Labute approximate surface area is 79.0 Å². The lowest BCUT2D eigenvalue weighted by Gasteiger charge is -2.02. The van der Waals surface area contributed by atoms with Crippen LogP contribution < -0.4 is 0 Å². The minimum atomic E-state index is -0.579. The van der Waals surface area contributed by atoms with Gasteiger partial charge in [0.2, 0.25) is 0 Å². The maximum atomic E-state index is 13.1. The zero-order valence-electron chi connectivity index (χ0n) is 7.19. The van der Waals surface area contributed by atoms with Crippen molar-refractivity contribution in [2.45, 2.75) is 6.54 Å². The standard InChI is InChI=1S/C9H7F2N3/c10-8-2-1-7(9(11)5-8)6-14-4-3-12-13-14/h1-5H,6H2. The Kier molecular flexibility index (Phi) is 2.22. The van der Waals surface area contributed by atoms with E-state index in [0.29, 0.717) is 5.56 Å². The molecule has 0 aliphatic rings. The third-order valence-electron chi connectivity index (χ3n) is 1.82. The van der Waals surface area contributed by atoms with Crippen LogP contribution >= 0.6 is 0 Å². The Morgan fingerprint density at radius 1 is 1.29 bits per heavy atom. The highest BCUT2D eigenvalue weighted by Crippen LogP contribution is 2.10. The van der Waals surface area contributed by atoms with Crippen LogP contribution in [0.15, 0.2) is 30.6 Å². The van der Waals surface area contributed by atoms with Crippen molar-refractivity contribution < 1.29 is 8.78 Å². The first-order valence-corrected chi connectivity index (χ1v) is 4.04. The van der Waals surface area contributed by atoms with Gasteiger partial charge in [-0.15, -0.1) is 5.10 Å². The van der Waals surface area contributed by atoms with Gasteiger partial charge in [0, 0.05) is 17.8 Å². The van der Waals surface area contributed by atoms with E-state index in [1.165, 1.54) is 23.0 Å². The summed E-state index contributed by atoms with van der Waals surface area (Å²) >= 11 is 0. The van der Waals surface area contributed by atoms with Crippen LogP contribution in [0.2, 0.25) is 0 Å². The molecular formula is C9H7F2N3. The van der Waals surface area contributed by atoms with E-state index in [4.69, 9.17) is 0 Å². The third kappa shape index (κ3) is 1.76. The number of benzene rings is 1. The van der Waals surface area contributed by atoms with Gasteiger partial charge < -0.3 is 0 Å². The van der Waals surface area contributed by atoms with Gasteiger partial charge in [-0.2, -0.15) is 0 Å². The average molecular weight is 195 g/mol. The minimum absolute atomic E-state index is 0.256. The van der Waals surface area contributed by atoms with E-state index >= 15 is 0 Å². The summed E-state index contributed by atoms with van der Waals surface area (Å²) in [5.41, 5.74) is 0.386. The van der Waals surface area contributed by atoms with Gasteiger partial charge in [0.05, 0.1) is 12.7 Å². The number of halogens is 2. The Morgan fingerprint density at radius 3 is 2.79 bits per heavy atom. The fourth-order valence-electron chi connectivity index (χ4n) is 1.14. The van der Waals surface area contributed by atoms with Crippen molar-refractivity contribution in [2.75, 3.05) is 0 Å². The van der Waals surface area contributed by atoms with E-state index in [1.807, 2.05) is 0 Å². The van der Waals surface area contributed by atoms with Crippen LogP contribution in [-0.2, 0) is 6.54 Å². The van der Waals surface area contributed by atoms with Crippen molar-refractivity contribution >= 4 is 0 Å². The molecule has 5 heteroatoms. The highest BCUT2D eigenvalue weighted by atomic mass is 19.1. The Morgan fingerprint density at radius 2 is 2.14 bits per heavy atom. The van der Waals surface area contributed by atoms with E-state index in [9.17, 15) is 8.78 Å². The largest absolute Gasteiger partial charge is 0.248 e. The van der Waals surface area contributed by atoms with Crippen molar-refractivity contribution in [3.63, 3.8) is 0 Å². The Hall–Kier alpha value is -1.78. The highest BCUT2D eigenvalue weighted by Gasteiger charge is 2.04. The van der Waals surface area contributed by atoms with Crippen LogP contribution in [0.5, 0.6) is 0 Å². The Balaban J connectivity index is 2.25. The Bertz CT molecular complexity index is 426. The molecule has 0 aliphatic heterocycles. The van der Waals surface area contributed by atoms with E-state index in [1.54, 1.807) is 6.20 Å². The maximum absolute atomic E-state index is 13.1. The molecule has 2 rings (SSSR count). The summed E-state index contributed by atoms with van der Waals surface area (Å²) in [6.45, 7) is 0.256. The molecule has 0 N–H and O–H groups in total. The SMILES string of the molecule is Fc1ccc(Cn2ccnn2)c(F)c1. The topological polar surface area (TPSA) is 30.7 Å². The van der Waals surface area contributed by atoms with Crippen LogP contribution in [0.1, 0.15) is 5.56 Å². The lowest BCUT2D eigenvalue weighted by molar-refractivity contribution is 0.554. The van der Waals surface area contributed by atoms with Crippen molar-refractivity contribution in [3.8, 4) is 0 Å². The summed E-state index contributed by atoms with van der Waals surface area (Å²) < 4.78 is 27.2. The summed E-state index contributed by atoms with van der Waals surface area (Å²) in [5.74, 6) is -1.15. The maximum Gasteiger partial charge on any atom is 0.131 e. The molecule has 0 bridgehead atoms. The van der Waals surface area contributed by atoms with Crippen LogP contribution in [0.4, 0.5) is 8.78 Å². The lowest BCUT2D eigenvalue weighted by atomic mass is 10.2. The van der Waals surface area contributed by atoms with Gasteiger partial charge in [-0.05, 0) is 6.07 Å². The number of nitrogens with zero attached hydrogens (tertiary/aromatic N) is 3. The molecule has 0 unspecified atom stereocenters. The van der Waals surface area contributed by atoms with Gasteiger partial charge >= 0.3 is 0 Å². The first-order chi connectivity index (χ1) is 6.75. The van der Waals surface area contributed by atoms with Gasteiger partial charge in [-0.1, -0.05) is 11.3 Å². The third-order valence-corrected chi connectivity index (χ3v) is 1.82. The predicted octanol–water partition coefficient (Wildman–Crippen LogP) is 1.60. The van der Waals surface area contributed by atoms with Crippen LogP contribution in [0.3, 0.4) is 0 Å². The molecule has 0 amide bonds. The van der Waals surface area contributed by atoms with Gasteiger partial charge in [-0.3, -0.25) is 0 Å². The summed E-state index contributed by atoms with van der Waals surface area (Å²) in [5, 5.41) is 7.26. The van der Waals surface area contributed by atoms with Crippen molar-refractivity contribution in [1.82, 2.24) is 15.0 Å². The molecule has 14 heavy (non-hydrogen) atoms. The van der Waals surface area contributed by atoms with Gasteiger partial charge in [0.25, 0.3) is 0 Å². The molecule has 72 valence electrons. The monoisotopic (exact) mass is 195 g/mol. The molecule has 2 aromatic rings. The van der Waals surface area contributed by atoms with Crippen LogP contribution in [0, 0.1) is 11.6 Å². The van der Waals surface area contributed by atoms with Gasteiger partial charge in [0.15, 0.2) is 0 Å². The van der Waals surface area contributed by atoms with E-state index in [-0.39, 0.29) is 6.54 Å². The minimum Gasteiger partial charge on any atom is -0.248 e. The summed E-state index contributed by atoms with van der Waals surface area (Å²) in [6, 6.07) is 3.47. The summed E-state index contributed by atoms with van der Waals surface area (Å²) in [7, 11) is 0. The fourth-order valence-corrected chi connectivity index (χ4v) is 1.14. The lowest BCUT2D eigenvalue weighted by Crippen LogP contribution is -2.03. The second-order valence-electron chi connectivity index (χ2n) is 2.84. The fraction of sp³-hybridized carbons (Fsp3) is 0.111. The average Bonchev–Trinajstić information content (AvgIpc) is 2.62. The van der Waals surface area contributed by atoms with Crippen LogP contribution in [-0.4, -0.2) is 15.0 Å². The van der Waals surface area contributed by atoms with E-state index < -0.39 is 11.6 Å². The molecule has 0 saturated heterocycles. The zero-order chi connectivity index (χ0) is 9.97. The molecule has 3 nitrogen and oxygen atoms in total. The molecule has 0 aliphatic carbocycles. The van der Waals surface area contributed by atoms with Crippen molar-refractivity contribution in [3.05, 3.63) is 47.8 Å². The highest BCUT2D eigenvalue weighted by molar-refractivity contribution is 5.18. The predicted molar refractivity (Wildman–Crippen MR) is 45.5 cm³/mol. The number of aromatic nitrogens is 3. The van der Waals surface area contributed by atoms with E-state index in [2.05, 4.69) is 10.3 Å². The first-order valence-electron chi connectivity index (χ1n) is 4.04. The number of hydrogen-bond acceptors (Lipinski definition) is 2. The second kappa shape index (κ2) is 3.53. The quantitative estimate of drug-likeness (QED) is 0.728. The molecule has 1 heterocycles. The van der Waals surface area contributed by atoms with Crippen molar-refractivity contribution in [2.24, 2.45) is 0 Å². The molecular weight excluding hydrogens is 188 g/mol. The molecule has 0 atom stereocenters. The molecule has 0 fully saturated rings. The zero-order valence-corrected chi connectivity index (χ0v) is 7.19. The molecule has 0 saturated carbocycles. The van der Waals surface area contributed by atoms with Gasteiger partial charge in [0.1, 0.15) is 11.6 Å². The molecule has 1 aromatic carbocycles. The van der Waals surface area contributed by atoms with Gasteiger partial charge in [-0.25, -0.2) is 13.5 Å². The normalized spacial score (nSPS) is 10.4. The smallest absolute Gasteiger partial charge is 0.131 e. The van der Waals surface area contributed by atoms with Crippen molar-refractivity contribution in [1.29, 1.82) is 0 Å². The second-order valence-corrected chi connectivity index (χ2v) is 2.84. The first kappa shape index (κ1) is 8.80. The molecule has 1 aromatic heterocycles. The molecule has 0 spiro atoms. The summed E-state index contributed by atoms with van der Waals surface area (Å²) in [6.07, 6.45) is 3.12. The van der Waals surface area contributed by atoms with E-state index in [0.717, 1.165) is 6.07 Å². The number of hydrogen-bond donors (Lipinski definition) is 0.